The Balaban J connectivity index is 0.00000361. The van der Waals surface area contributed by atoms with Crippen molar-refractivity contribution < 1.29 is 18.3 Å². The largest absolute Gasteiger partial charge is 0.435 e. The molecule has 1 atom stereocenters. The minimum atomic E-state index is -2.83. The van der Waals surface area contributed by atoms with Gasteiger partial charge in [-0.05, 0) is 31.7 Å². The Bertz CT molecular complexity index is 402. The molecule has 2 N–H and O–H groups in total. The number of alkyl halides is 2. The van der Waals surface area contributed by atoms with E-state index in [4.69, 9.17) is 0 Å². The van der Waals surface area contributed by atoms with Gasteiger partial charge in [-0.15, -0.1) is 12.4 Å². The van der Waals surface area contributed by atoms with Crippen molar-refractivity contribution in [3.8, 4) is 5.75 Å². The van der Waals surface area contributed by atoms with Crippen LogP contribution in [-0.2, 0) is 4.79 Å². The molecule has 1 aromatic rings. The van der Waals surface area contributed by atoms with Crippen LogP contribution in [0.25, 0.3) is 0 Å². The monoisotopic (exact) mass is 308 g/mol. The lowest BCUT2D eigenvalue weighted by molar-refractivity contribution is -0.121. The number of rotatable bonds is 7. The van der Waals surface area contributed by atoms with E-state index in [1.807, 2.05) is 6.92 Å². The van der Waals surface area contributed by atoms with E-state index in [-0.39, 0.29) is 30.1 Å². The first-order chi connectivity index (χ1) is 9.02. The van der Waals surface area contributed by atoms with Gasteiger partial charge in [-0.2, -0.15) is 8.78 Å². The summed E-state index contributed by atoms with van der Waals surface area (Å²) in [6, 6.07) is 6.04. The van der Waals surface area contributed by atoms with E-state index >= 15 is 0 Å². The van der Waals surface area contributed by atoms with Gasteiger partial charge in [0, 0.05) is 13.0 Å². The predicted octanol–water partition coefficient (Wildman–Crippen LogP) is 2.50. The molecular formula is C13H19ClF2N2O2. The van der Waals surface area contributed by atoms with Crippen LogP contribution in [0.3, 0.4) is 0 Å². The molecule has 0 fully saturated rings. The molecule has 0 heterocycles. The van der Waals surface area contributed by atoms with Crippen molar-refractivity contribution in [1.82, 2.24) is 10.6 Å². The van der Waals surface area contributed by atoms with Crippen molar-refractivity contribution in [1.29, 1.82) is 0 Å². The van der Waals surface area contributed by atoms with Gasteiger partial charge in [0.1, 0.15) is 5.75 Å². The predicted molar refractivity (Wildman–Crippen MR) is 75.4 cm³/mol. The Kier molecular flexibility index (Phi) is 8.83. The highest BCUT2D eigenvalue weighted by atomic mass is 35.5. The number of amides is 1. The third kappa shape index (κ3) is 6.68. The lowest BCUT2D eigenvalue weighted by Crippen LogP contribution is -2.29. The van der Waals surface area contributed by atoms with Crippen LogP contribution in [0, 0.1) is 0 Å². The maximum Gasteiger partial charge on any atom is 0.387 e. The van der Waals surface area contributed by atoms with Gasteiger partial charge in [-0.1, -0.05) is 12.1 Å². The lowest BCUT2D eigenvalue weighted by Gasteiger charge is -2.15. The Morgan fingerprint density at radius 2 is 1.90 bits per heavy atom. The van der Waals surface area contributed by atoms with Gasteiger partial charge in [0.2, 0.25) is 5.91 Å². The zero-order chi connectivity index (χ0) is 14.3. The third-order valence-corrected chi connectivity index (χ3v) is 2.58. The lowest BCUT2D eigenvalue weighted by atomic mass is 10.1. The number of benzene rings is 1. The number of hydrogen-bond acceptors (Lipinski definition) is 3. The summed E-state index contributed by atoms with van der Waals surface area (Å²) in [5.74, 6) is 0.0437. The van der Waals surface area contributed by atoms with Gasteiger partial charge in [-0.3, -0.25) is 4.79 Å². The topological polar surface area (TPSA) is 50.4 Å². The van der Waals surface area contributed by atoms with Crippen LogP contribution < -0.4 is 15.4 Å². The summed E-state index contributed by atoms with van der Waals surface area (Å²) in [7, 11) is 1.78. The van der Waals surface area contributed by atoms with Crippen molar-refractivity contribution in [2.45, 2.75) is 26.0 Å². The summed E-state index contributed by atoms with van der Waals surface area (Å²) in [6.45, 7) is -0.385. The minimum absolute atomic E-state index is 0. The highest BCUT2D eigenvalue weighted by Crippen LogP contribution is 2.19. The van der Waals surface area contributed by atoms with E-state index in [1.165, 1.54) is 12.1 Å². The van der Waals surface area contributed by atoms with Crippen molar-refractivity contribution >= 4 is 18.3 Å². The molecule has 0 saturated carbocycles. The summed E-state index contributed by atoms with van der Waals surface area (Å²) in [5, 5.41) is 5.71. The molecule has 0 aliphatic rings. The van der Waals surface area contributed by atoms with Crippen LogP contribution in [0.15, 0.2) is 24.3 Å². The zero-order valence-electron chi connectivity index (χ0n) is 11.4. The highest BCUT2D eigenvalue weighted by molar-refractivity contribution is 5.85. The molecule has 1 aromatic carbocycles. The highest BCUT2D eigenvalue weighted by Gasteiger charge is 2.10. The summed E-state index contributed by atoms with van der Waals surface area (Å²) < 4.78 is 28.2. The second-order valence-corrected chi connectivity index (χ2v) is 4.09. The standard InChI is InChI=1S/C13H18F2N2O2.ClH/c1-9(17-12(18)7-8-16-2)10-3-5-11(6-4-10)19-13(14)15;/h3-6,9,13,16H,7-8H2,1-2H3,(H,17,18);1H. The molecule has 0 saturated heterocycles. The fourth-order valence-corrected chi connectivity index (χ4v) is 1.57. The molecule has 1 rings (SSSR count). The van der Waals surface area contributed by atoms with Crippen LogP contribution in [0.5, 0.6) is 5.75 Å². The number of ether oxygens (including phenoxy) is 1. The second kappa shape index (κ2) is 9.50. The maximum absolute atomic E-state index is 12.0. The van der Waals surface area contributed by atoms with Crippen LogP contribution >= 0.6 is 12.4 Å². The minimum Gasteiger partial charge on any atom is -0.435 e. The number of carbonyl (C=O) groups excluding carboxylic acids is 1. The van der Waals surface area contributed by atoms with Gasteiger partial charge in [-0.25, -0.2) is 0 Å². The van der Waals surface area contributed by atoms with Gasteiger partial charge in [0.05, 0.1) is 6.04 Å². The summed E-state index contributed by atoms with van der Waals surface area (Å²) in [6.07, 6.45) is 0.396. The number of carbonyl (C=O) groups is 1. The molecule has 0 aliphatic heterocycles. The Labute approximate surface area is 123 Å². The molecule has 0 bridgehead atoms. The van der Waals surface area contributed by atoms with Crippen LogP contribution in [-0.4, -0.2) is 26.1 Å². The fraction of sp³-hybridized carbons (Fsp3) is 0.462. The van der Waals surface area contributed by atoms with E-state index in [9.17, 15) is 13.6 Å². The summed E-state index contributed by atoms with van der Waals surface area (Å²) in [4.78, 5) is 11.5. The van der Waals surface area contributed by atoms with Gasteiger partial charge in [0.15, 0.2) is 0 Å². The average Bonchev–Trinajstić information content (AvgIpc) is 2.36. The van der Waals surface area contributed by atoms with Crippen LogP contribution in [0.2, 0.25) is 0 Å². The normalized spacial score (nSPS) is 11.7. The van der Waals surface area contributed by atoms with Crippen molar-refractivity contribution in [2.24, 2.45) is 0 Å². The average molecular weight is 309 g/mol. The first kappa shape index (κ1) is 18.6. The van der Waals surface area contributed by atoms with Crippen LogP contribution in [0.1, 0.15) is 24.9 Å². The third-order valence-electron chi connectivity index (χ3n) is 2.58. The van der Waals surface area contributed by atoms with Gasteiger partial charge >= 0.3 is 6.61 Å². The number of hydrogen-bond donors (Lipinski definition) is 2. The molecule has 0 spiro atoms. The molecule has 4 nitrogen and oxygen atoms in total. The van der Waals surface area contributed by atoms with Crippen molar-refractivity contribution in [3.63, 3.8) is 0 Å². The van der Waals surface area contributed by atoms with E-state index < -0.39 is 6.61 Å². The Morgan fingerprint density at radius 3 is 2.40 bits per heavy atom. The quantitative estimate of drug-likeness (QED) is 0.814. The Morgan fingerprint density at radius 1 is 1.30 bits per heavy atom. The molecule has 0 aliphatic carbocycles. The zero-order valence-corrected chi connectivity index (χ0v) is 12.2. The van der Waals surface area contributed by atoms with E-state index in [0.717, 1.165) is 5.56 Å². The number of nitrogens with one attached hydrogen (secondary N) is 2. The fourth-order valence-electron chi connectivity index (χ4n) is 1.57. The molecule has 0 radical (unpaired) electrons. The van der Waals surface area contributed by atoms with Gasteiger partial charge in [0.25, 0.3) is 0 Å². The van der Waals surface area contributed by atoms with E-state index in [1.54, 1.807) is 19.2 Å². The molecule has 0 aromatic heterocycles. The summed E-state index contributed by atoms with van der Waals surface area (Å²) >= 11 is 0. The van der Waals surface area contributed by atoms with Crippen molar-refractivity contribution in [3.05, 3.63) is 29.8 Å². The SMILES string of the molecule is CNCCC(=O)NC(C)c1ccc(OC(F)F)cc1.Cl. The first-order valence-corrected chi connectivity index (χ1v) is 6.01. The molecule has 1 unspecified atom stereocenters. The Hall–Kier alpha value is -1.40. The van der Waals surface area contributed by atoms with Gasteiger partial charge < -0.3 is 15.4 Å². The second-order valence-electron chi connectivity index (χ2n) is 4.09. The maximum atomic E-state index is 12.0. The molecule has 7 heteroatoms. The first-order valence-electron chi connectivity index (χ1n) is 6.01. The molecule has 1 amide bonds. The molecular weight excluding hydrogens is 290 g/mol. The number of halogens is 3. The molecule has 114 valence electrons. The summed E-state index contributed by atoms with van der Waals surface area (Å²) in [5.41, 5.74) is 0.833. The smallest absolute Gasteiger partial charge is 0.387 e. The van der Waals surface area contributed by atoms with Crippen LogP contribution in [0.4, 0.5) is 8.78 Å². The van der Waals surface area contributed by atoms with Crippen molar-refractivity contribution in [2.75, 3.05) is 13.6 Å². The molecule has 20 heavy (non-hydrogen) atoms. The van der Waals surface area contributed by atoms with E-state index in [2.05, 4.69) is 15.4 Å². The van der Waals surface area contributed by atoms with E-state index in [0.29, 0.717) is 13.0 Å².